The van der Waals surface area contributed by atoms with Crippen molar-refractivity contribution in [2.45, 2.75) is 32.7 Å². The van der Waals surface area contributed by atoms with E-state index in [4.69, 9.17) is 10.00 Å². The Morgan fingerprint density at radius 1 is 1.41 bits per heavy atom. The van der Waals surface area contributed by atoms with Crippen molar-refractivity contribution in [3.8, 4) is 11.8 Å². The second-order valence-corrected chi connectivity index (χ2v) is 4.34. The van der Waals surface area contributed by atoms with E-state index in [0.29, 0.717) is 13.0 Å². The molecule has 0 bridgehead atoms. The van der Waals surface area contributed by atoms with Gasteiger partial charge in [-0.15, -0.1) is 0 Å². The topological polar surface area (TPSA) is 45.0 Å². The maximum atomic E-state index is 9.10. The van der Waals surface area contributed by atoms with E-state index >= 15 is 0 Å². The Morgan fingerprint density at radius 3 is 2.71 bits per heavy atom. The normalized spacial score (nSPS) is 13.8. The average Bonchev–Trinajstić information content (AvgIpc) is 2.32. The van der Waals surface area contributed by atoms with E-state index in [-0.39, 0.29) is 0 Å². The van der Waals surface area contributed by atoms with Gasteiger partial charge in [-0.2, -0.15) is 5.26 Å². The van der Waals surface area contributed by atoms with Gasteiger partial charge in [-0.3, -0.25) is 5.32 Å². The first-order valence-corrected chi connectivity index (χ1v) is 5.96. The minimum Gasteiger partial charge on any atom is -0.493 e. The summed E-state index contributed by atoms with van der Waals surface area (Å²) in [7, 11) is 0. The van der Waals surface area contributed by atoms with Crippen molar-refractivity contribution in [2.24, 2.45) is 0 Å². The highest BCUT2D eigenvalue weighted by atomic mass is 16.5. The highest BCUT2D eigenvalue weighted by molar-refractivity contribution is 5.31. The molecule has 0 aromatic heterocycles. The molecule has 0 heterocycles. The molecular formula is C14H20N2O. The maximum absolute atomic E-state index is 9.10. The highest BCUT2D eigenvalue weighted by Gasteiger charge is 2.21. The van der Waals surface area contributed by atoms with E-state index in [2.05, 4.69) is 11.4 Å². The van der Waals surface area contributed by atoms with E-state index in [1.807, 2.05) is 45.0 Å². The van der Waals surface area contributed by atoms with Gasteiger partial charge in [0.15, 0.2) is 0 Å². The number of aryl methyl sites for hydroxylation is 1. The summed E-state index contributed by atoms with van der Waals surface area (Å²) in [5.41, 5.74) is 0.617. The first kappa shape index (κ1) is 13.5. The van der Waals surface area contributed by atoms with Gasteiger partial charge in [0.2, 0.25) is 0 Å². The van der Waals surface area contributed by atoms with Crippen LogP contribution in [0.3, 0.4) is 0 Å². The lowest BCUT2D eigenvalue weighted by Gasteiger charge is -2.22. The predicted octanol–water partition coefficient (Wildman–Crippen LogP) is 2.66. The Hall–Kier alpha value is -1.53. The van der Waals surface area contributed by atoms with Crippen molar-refractivity contribution in [3.63, 3.8) is 0 Å². The maximum Gasteiger partial charge on any atom is 0.122 e. The van der Waals surface area contributed by atoms with Crippen LogP contribution in [0.2, 0.25) is 0 Å². The van der Waals surface area contributed by atoms with Crippen LogP contribution in [0.1, 0.15) is 25.8 Å². The zero-order valence-electron chi connectivity index (χ0n) is 10.8. The van der Waals surface area contributed by atoms with Crippen LogP contribution in [0.4, 0.5) is 0 Å². The Bertz CT molecular complexity index is 397. The number of hydrogen-bond acceptors (Lipinski definition) is 3. The second-order valence-electron chi connectivity index (χ2n) is 4.34. The minimum atomic E-state index is -0.503. The van der Waals surface area contributed by atoms with Crippen LogP contribution in [0, 0.1) is 18.3 Å². The van der Waals surface area contributed by atoms with Crippen LogP contribution in [0.15, 0.2) is 24.3 Å². The molecule has 1 N–H and O–H groups in total. The fourth-order valence-electron chi connectivity index (χ4n) is 1.66. The van der Waals surface area contributed by atoms with Crippen molar-refractivity contribution in [1.29, 1.82) is 5.26 Å². The van der Waals surface area contributed by atoms with Crippen LogP contribution < -0.4 is 10.1 Å². The molecule has 17 heavy (non-hydrogen) atoms. The van der Waals surface area contributed by atoms with Crippen molar-refractivity contribution in [1.82, 2.24) is 5.32 Å². The van der Waals surface area contributed by atoms with Crippen molar-refractivity contribution >= 4 is 0 Å². The molecular weight excluding hydrogens is 212 g/mol. The van der Waals surface area contributed by atoms with E-state index < -0.39 is 5.54 Å². The van der Waals surface area contributed by atoms with Crippen molar-refractivity contribution in [3.05, 3.63) is 29.8 Å². The zero-order chi connectivity index (χ0) is 12.7. The quantitative estimate of drug-likeness (QED) is 0.820. The molecule has 0 saturated heterocycles. The van der Waals surface area contributed by atoms with E-state index in [9.17, 15) is 0 Å². The molecule has 1 atom stereocenters. The van der Waals surface area contributed by atoms with Crippen LogP contribution in [0.5, 0.6) is 5.75 Å². The average molecular weight is 232 g/mol. The van der Waals surface area contributed by atoms with Gasteiger partial charge < -0.3 is 4.74 Å². The van der Waals surface area contributed by atoms with Crippen LogP contribution in [-0.4, -0.2) is 18.7 Å². The SMILES string of the molecule is CCNC(C)(C#N)CCOc1ccccc1C. The summed E-state index contributed by atoms with van der Waals surface area (Å²) in [6.45, 7) is 7.24. The largest absolute Gasteiger partial charge is 0.493 e. The number of nitrogens with zero attached hydrogens (tertiary/aromatic N) is 1. The Kier molecular flexibility index (Phi) is 4.99. The molecule has 0 radical (unpaired) electrons. The van der Waals surface area contributed by atoms with Crippen LogP contribution in [0.25, 0.3) is 0 Å². The minimum absolute atomic E-state index is 0.503. The molecule has 0 fully saturated rings. The van der Waals surface area contributed by atoms with Gasteiger partial charge in [0.1, 0.15) is 11.3 Å². The first-order valence-electron chi connectivity index (χ1n) is 5.96. The molecule has 0 saturated carbocycles. The smallest absolute Gasteiger partial charge is 0.122 e. The lowest BCUT2D eigenvalue weighted by Crippen LogP contribution is -2.42. The second kappa shape index (κ2) is 6.27. The Balaban J connectivity index is 2.48. The predicted molar refractivity (Wildman–Crippen MR) is 69.0 cm³/mol. The molecule has 0 aliphatic rings. The molecule has 1 aromatic rings. The number of benzene rings is 1. The molecule has 1 rings (SSSR count). The molecule has 0 aliphatic heterocycles. The standard InChI is InChI=1S/C14H20N2O/c1-4-16-14(3,11-15)9-10-17-13-8-6-5-7-12(13)2/h5-8,16H,4,9-10H2,1-3H3. The van der Waals surface area contributed by atoms with Crippen LogP contribution >= 0.6 is 0 Å². The van der Waals surface area contributed by atoms with Gasteiger partial charge in [-0.1, -0.05) is 25.1 Å². The van der Waals surface area contributed by atoms with Gasteiger partial charge in [0.25, 0.3) is 0 Å². The highest BCUT2D eigenvalue weighted by Crippen LogP contribution is 2.17. The van der Waals surface area contributed by atoms with E-state index in [0.717, 1.165) is 17.9 Å². The molecule has 0 amide bonds. The van der Waals surface area contributed by atoms with Crippen LogP contribution in [-0.2, 0) is 0 Å². The number of hydrogen-bond donors (Lipinski definition) is 1. The number of nitrogens with one attached hydrogen (secondary N) is 1. The molecule has 1 aromatic carbocycles. The number of rotatable bonds is 6. The van der Waals surface area contributed by atoms with Gasteiger partial charge in [0, 0.05) is 6.42 Å². The van der Waals surface area contributed by atoms with Crippen molar-refractivity contribution in [2.75, 3.05) is 13.2 Å². The Labute approximate surface area is 103 Å². The number of nitriles is 1. The summed E-state index contributed by atoms with van der Waals surface area (Å²) in [6.07, 6.45) is 0.672. The fourth-order valence-corrected chi connectivity index (χ4v) is 1.66. The van der Waals surface area contributed by atoms with E-state index in [1.165, 1.54) is 0 Å². The number of para-hydroxylation sites is 1. The van der Waals surface area contributed by atoms with Gasteiger partial charge >= 0.3 is 0 Å². The summed E-state index contributed by atoms with van der Waals surface area (Å²) < 4.78 is 5.69. The Morgan fingerprint density at radius 2 is 2.12 bits per heavy atom. The summed E-state index contributed by atoms with van der Waals surface area (Å²) in [5.74, 6) is 0.893. The van der Waals surface area contributed by atoms with Gasteiger partial charge in [-0.05, 0) is 32.0 Å². The van der Waals surface area contributed by atoms with Gasteiger partial charge in [0.05, 0.1) is 12.7 Å². The third kappa shape index (κ3) is 4.08. The summed E-state index contributed by atoms with van der Waals surface area (Å²) in [4.78, 5) is 0. The molecule has 3 nitrogen and oxygen atoms in total. The molecule has 92 valence electrons. The third-order valence-corrected chi connectivity index (χ3v) is 2.77. The summed E-state index contributed by atoms with van der Waals surface area (Å²) in [6, 6.07) is 10.2. The lowest BCUT2D eigenvalue weighted by molar-refractivity contribution is 0.267. The summed E-state index contributed by atoms with van der Waals surface area (Å²) in [5, 5.41) is 12.3. The summed E-state index contributed by atoms with van der Waals surface area (Å²) >= 11 is 0. The molecule has 0 aliphatic carbocycles. The molecule has 1 unspecified atom stereocenters. The van der Waals surface area contributed by atoms with Crippen molar-refractivity contribution < 1.29 is 4.74 Å². The lowest BCUT2D eigenvalue weighted by atomic mass is 10.0. The molecule has 0 spiro atoms. The number of ether oxygens (including phenoxy) is 1. The monoisotopic (exact) mass is 232 g/mol. The molecule has 3 heteroatoms. The zero-order valence-corrected chi connectivity index (χ0v) is 10.8. The fraction of sp³-hybridized carbons (Fsp3) is 0.500. The third-order valence-electron chi connectivity index (χ3n) is 2.77. The van der Waals surface area contributed by atoms with Gasteiger partial charge in [-0.25, -0.2) is 0 Å². The van der Waals surface area contributed by atoms with E-state index in [1.54, 1.807) is 0 Å². The first-order chi connectivity index (χ1) is 8.11.